The molecule has 0 amide bonds. The molecule has 3 aromatic carbocycles. The van der Waals surface area contributed by atoms with E-state index in [4.69, 9.17) is 0 Å². The summed E-state index contributed by atoms with van der Waals surface area (Å²) in [6.45, 7) is 3.94. The highest BCUT2D eigenvalue weighted by Crippen LogP contribution is 2.33. The topological polar surface area (TPSA) is 0 Å². The van der Waals surface area contributed by atoms with Gasteiger partial charge in [0.2, 0.25) is 0 Å². The Labute approximate surface area is 166 Å². The standard InChI is InChI=1S/C23H19F2I/c1-3-4-21(26)18-11-9-17(10-12-18)20-14-13-19(22(24)23(20)25)16-7-5-15(2)6-8-16/h3-14,21H,1-2H3. The van der Waals surface area contributed by atoms with Crippen LogP contribution >= 0.6 is 22.6 Å². The van der Waals surface area contributed by atoms with Gasteiger partial charge in [-0.05, 0) is 30.5 Å². The van der Waals surface area contributed by atoms with Crippen molar-refractivity contribution in [2.45, 2.75) is 17.8 Å². The van der Waals surface area contributed by atoms with Crippen molar-refractivity contribution < 1.29 is 8.78 Å². The number of hydrogen-bond acceptors (Lipinski definition) is 0. The smallest absolute Gasteiger partial charge is 0.167 e. The molecule has 3 heteroatoms. The molecule has 0 aliphatic carbocycles. The molecule has 0 radical (unpaired) electrons. The van der Waals surface area contributed by atoms with Crippen LogP contribution in [0.25, 0.3) is 22.3 Å². The summed E-state index contributed by atoms with van der Waals surface area (Å²) in [6.07, 6.45) is 4.09. The van der Waals surface area contributed by atoms with Gasteiger partial charge in [-0.3, -0.25) is 0 Å². The molecule has 0 N–H and O–H groups in total. The Balaban J connectivity index is 1.97. The van der Waals surface area contributed by atoms with E-state index in [1.165, 1.54) is 0 Å². The van der Waals surface area contributed by atoms with E-state index in [9.17, 15) is 8.78 Å². The summed E-state index contributed by atoms with van der Waals surface area (Å²) >= 11 is 2.34. The quantitative estimate of drug-likeness (QED) is 0.213. The molecule has 0 bridgehead atoms. The van der Waals surface area contributed by atoms with E-state index >= 15 is 0 Å². The highest BCUT2D eigenvalue weighted by atomic mass is 127. The number of benzene rings is 3. The van der Waals surface area contributed by atoms with E-state index < -0.39 is 11.6 Å². The van der Waals surface area contributed by atoms with E-state index in [2.05, 4.69) is 28.7 Å². The first-order valence-electron chi connectivity index (χ1n) is 8.43. The summed E-state index contributed by atoms with van der Waals surface area (Å²) in [4.78, 5) is 0. The van der Waals surface area contributed by atoms with Crippen molar-refractivity contribution >= 4 is 22.6 Å². The van der Waals surface area contributed by atoms with Crippen LogP contribution in [0.15, 0.2) is 72.8 Å². The lowest BCUT2D eigenvalue weighted by atomic mass is 9.97. The molecule has 0 saturated carbocycles. The first-order valence-corrected chi connectivity index (χ1v) is 9.68. The minimum atomic E-state index is -0.810. The summed E-state index contributed by atoms with van der Waals surface area (Å²) in [7, 11) is 0. The van der Waals surface area contributed by atoms with Gasteiger partial charge in [-0.2, -0.15) is 0 Å². The molecule has 0 saturated heterocycles. The van der Waals surface area contributed by atoms with Crippen LogP contribution in [0.3, 0.4) is 0 Å². The summed E-state index contributed by atoms with van der Waals surface area (Å²) in [6, 6.07) is 18.3. The van der Waals surface area contributed by atoms with Crippen LogP contribution in [0.4, 0.5) is 8.78 Å². The van der Waals surface area contributed by atoms with Crippen molar-refractivity contribution in [3.63, 3.8) is 0 Å². The molecular weight excluding hydrogens is 441 g/mol. The van der Waals surface area contributed by atoms with Crippen LogP contribution < -0.4 is 0 Å². The van der Waals surface area contributed by atoms with Crippen LogP contribution in [0, 0.1) is 18.6 Å². The van der Waals surface area contributed by atoms with E-state index in [1.807, 2.05) is 68.5 Å². The van der Waals surface area contributed by atoms with Gasteiger partial charge in [0.05, 0.1) is 3.92 Å². The number of allylic oxidation sites excluding steroid dienone is 2. The predicted molar refractivity (Wildman–Crippen MR) is 114 cm³/mol. The Morgan fingerprint density at radius 1 is 0.769 bits per heavy atom. The molecule has 0 aliphatic heterocycles. The van der Waals surface area contributed by atoms with Gasteiger partial charge in [0, 0.05) is 11.1 Å². The third-order valence-corrected chi connectivity index (χ3v) is 5.48. The molecule has 3 aromatic rings. The Bertz CT molecular complexity index is 926. The number of alkyl halides is 1. The summed E-state index contributed by atoms with van der Waals surface area (Å²) < 4.78 is 29.6. The summed E-state index contributed by atoms with van der Waals surface area (Å²) in [5.41, 5.74) is 4.12. The molecule has 26 heavy (non-hydrogen) atoms. The van der Waals surface area contributed by atoms with Gasteiger partial charge in [0.1, 0.15) is 0 Å². The maximum Gasteiger partial charge on any atom is 0.167 e. The van der Waals surface area contributed by atoms with Gasteiger partial charge in [-0.25, -0.2) is 8.78 Å². The van der Waals surface area contributed by atoms with Crippen molar-refractivity contribution in [1.82, 2.24) is 0 Å². The lowest BCUT2D eigenvalue weighted by molar-refractivity contribution is 0.514. The second-order valence-corrected chi connectivity index (χ2v) is 7.55. The first-order chi connectivity index (χ1) is 12.5. The van der Waals surface area contributed by atoms with Gasteiger partial charge in [-0.15, -0.1) is 0 Å². The van der Waals surface area contributed by atoms with Crippen molar-refractivity contribution in [3.05, 3.63) is 95.6 Å². The number of aryl methyl sites for hydroxylation is 1. The van der Waals surface area contributed by atoms with E-state index in [-0.39, 0.29) is 15.1 Å². The highest BCUT2D eigenvalue weighted by Gasteiger charge is 2.16. The predicted octanol–water partition coefficient (Wildman–Crippen LogP) is 7.66. The minimum absolute atomic E-state index is 0.261. The van der Waals surface area contributed by atoms with Gasteiger partial charge in [0.15, 0.2) is 11.6 Å². The molecular formula is C23H19F2I. The van der Waals surface area contributed by atoms with Crippen molar-refractivity contribution in [2.24, 2.45) is 0 Å². The van der Waals surface area contributed by atoms with Crippen LogP contribution in [0.5, 0.6) is 0 Å². The van der Waals surface area contributed by atoms with Crippen molar-refractivity contribution in [2.75, 3.05) is 0 Å². The highest BCUT2D eigenvalue weighted by molar-refractivity contribution is 14.1. The molecule has 0 heterocycles. The fraction of sp³-hybridized carbons (Fsp3) is 0.130. The zero-order chi connectivity index (χ0) is 18.7. The van der Waals surface area contributed by atoms with Crippen molar-refractivity contribution in [1.29, 1.82) is 0 Å². The zero-order valence-corrected chi connectivity index (χ0v) is 16.8. The average molecular weight is 460 g/mol. The molecule has 0 aliphatic rings. The molecule has 1 atom stereocenters. The Hall–Kier alpha value is -2.01. The fourth-order valence-electron chi connectivity index (χ4n) is 2.86. The maximum atomic E-state index is 14.7. The molecule has 0 fully saturated rings. The largest absolute Gasteiger partial charge is 0.203 e. The zero-order valence-electron chi connectivity index (χ0n) is 14.6. The van der Waals surface area contributed by atoms with Crippen LogP contribution in [-0.2, 0) is 0 Å². The summed E-state index contributed by atoms with van der Waals surface area (Å²) in [5.74, 6) is -1.62. The van der Waals surface area contributed by atoms with Gasteiger partial charge < -0.3 is 0 Å². The van der Waals surface area contributed by atoms with E-state index in [0.717, 1.165) is 11.1 Å². The van der Waals surface area contributed by atoms with Crippen LogP contribution in [0.1, 0.15) is 22.0 Å². The lowest BCUT2D eigenvalue weighted by Crippen LogP contribution is -1.94. The number of hydrogen-bond donors (Lipinski definition) is 0. The van der Waals surface area contributed by atoms with E-state index in [1.54, 1.807) is 12.1 Å². The molecule has 132 valence electrons. The van der Waals surface area contributed by atoms with Crippen LogP contribution in [-0.4, -0.2) is 0 Å². The average Bonchev–Trinajstić information content (AvgIpc) is 2.65. The molecule has 0 aromatic heterocycles. The summed E-state index contributed by atoms with van der Waals surface area (Å²) in [5, 5.41) is 0. The Morgan fingerprint density at radius 3 is 1.69 bits per heavy atom. The molecule has 0 spiro atoms. The molecule has 0 nitrogen and oxygen atoms in total. The van der Waals surface area contributed by atoms with Crippen LogP contribution in [0.2, 0.25) is 0 Å². The first kappa shape index (κ1) is 18.8. The van der Waals surface area contributed by atoms with Gasteiger partial charge in [-0.1, -0.05) is 101 Å². The monoisotopic (exact) mass is 460 g/mol. The second kappa shape index (κ2) is 8.12. The number of halogens is 3. The second-order valence-electron chi connectivity index (χ2n) is 6.20. The Kier molecular flexibility index (Phi) is 5.87. The SMILES string of the molecule is CC=CC(I)c1ccc(-c2ccc(-c3ccc(C)cc3)c(F)c2F)cc1. The Morgan fingerprint density at radius 2 is 1.23 bits per heavy atom. The molecule has 3 rings (SSSR count). The maximum absolute atomic E-state index is 14.7. The van der Waals surface area contributed by atoms with E-state index in [0.29, 0.717) is 11.1 Å². The molecule has 1 unspecified atom stereocenters. The van der Waals surface area contributed by atoms with Crippen molar-refractivity contribution in [3.8, 4) is 22.3 Å². The third kappa shape index (κ3) is 3.88. The lowest BCUT2D eigenvalue weighted by Gasteiger charge is -2.11. The van der Waals surface area contributed by atoms with Gasteiger partial charge in [0.25, 0.3) is 0 Å². The number of rotatable bonds is 4. The third-order valence-electron chi connectivity index (χ3n) is 4.35. The fourth-order valence-corrected chi connectivity index (χ4v) is 3.69. The minimum Gasteiger partial charge on any atom is -0.203 e. The van der Waals surface area contributed by atoms with Gasteiger partial charge >= 0.3 is 0 Å². The normalized spacial score (nSPS) is 12.5.